The van der Waals surface area contributed by atoms with Gasteiger partial charge in [0.15, 0.2) is 5.96 Å². The van der Waals surface area contributed by atoms with E-state index in [1.165, 1.54) is 15.4 Å². The Bertz CT molecular complexity index is 1060. The summed E-state index contributed by atoms with van der Waals surface area (Å²) < 4.78 is 32.7. The highest BCUT2D eigenvalue weighted by atomic mass is 127. The molecule has 7 nitrogen and oxygen atoms in total. The topological polar surface area (TPSA) is 83.0 Å². The Morgan fingerprint density at radius 1 is 1.12 bits per heavy atom. The molecule has 0 spiro atoms. The number of nitrogens with zero attached hydrogens (tertiary/aromatic N) is 2. The number of benzene rings is 2. The van der Waals surface area contributed by atoms with E-state index in [9.17, 15) is 8.42 Å². The van der Waals surface area contributed by atoms with Crippen LogP contribution in [0.1, 0.15) is 23.6 Å². The second-order valence-electron chi connectivity index (χ2n) is 7.74. The number of para-hydroxylation sites is 1. The minimum Gasteiger partial charge on any atom is -0.493 e. The number of sulfonamides is 1. The van der Waals surface area contributed by atoms with Crippen molar-refractivity contribution in [2.24, 2.45) is 4.99 Å². The maximum atomic E-state index is 12.8. The van der Waals surface area contributed by atoms with Crippen LogP contribution >= 0.6 is 24.0 Å². The summed E-state index contributed by atoms with van der Waals surface area (Å²) in [6, 6.07) is 14.0. The SMILES string of the molecule is CCNC(=NCCS(=O)(=O)N1CCc2ccccc21)NCCc1ccc2c(c1)CCO2.I. The van der Waals surface area contributed by atoms with E-state index in [0.29, 0.717) is 19.0 Å². The van der Waals surface area contributed by atoms with Crippen LogP contribution in [-0.4, -0.2) is 52.9 Å². The zero-order chi connectivity index (χ0) is 21.7. The summed E-state index contributed by atoms with van der Waals surface area (Å²) in [4.78, 5) is 4.48. The molecule has 2 aromatic carbocycles. The van der Waals surface area contributed by atoms with Gasteiger partial charge in [-0.3, -0.25) is 9.30 Å². The van der Waals surface area contributed by atoms with Crippen LogP contribution in [0.5, 0.6) is 5.75 Å². The number of fused-ring (bicyclic) bond motifs is 2. The van der Waals surface area contributed by atoms with Crippen molar-refractivity contribution in [3.05, 3.63) is 59.2 Å². The van der Waals surface area contributed by atoms with E-state index in [2.05, 4.69) is 27.8 Å². The van der Waals surface area contributed by atoms with E-state index in [-0.39, 0.29) is 36.3 Å². The number of aliphatic imine (C=N–C) groups is 1. The fraction of sp³-hybridized carbons (Fsp3) is 0.435. The first kappa shape index (κ1) is 24.6. The van der Waals surface area contributed by atoms with Gasteiger partial charge in [-0.05, 0) is 48.6 Å². The molecule has 2 heterocycles. The smallest absolute Gasteiger partial charge is 0.237 e. The molecule has 0 fully saturated rings. The van der Waals surface area contributed by atoms with Gasteiger partial charge >= 0.3 is 0 Å². The maximum Gasteiger partial charge on any atom is 0.237 e. The van der Waals surface area contributed by atoms with Crippen LogP contribution in [-0.2, 0) is 29.3 Å². The number of hydrogen-bond acceptors (Lipinski definition) is 4. The first-order valence-electron chi connectivity index (χ1n) is 10.9. The first-order valence-corrected chi connectivity index (χ1v) is 12.5. The van der Waals surface area contributed by atoms with Gasteiger partial charge in [0.1, 0.15) is 5.75 Å². The lowest BCUT2D eigenvalue weighted by molar-refractivity contribution is 0.357. The lowest BCUT2D eigenvalue weighted by Crippen LogP contribution is -2.39. The molecule has 2 N–H and O–H groups in total. The molecule has 2 aliphatic heterocycles. The minimum absolute atomic E-state index is 0. The van der Waals surface area contributed by atoms with Crippen molar-refractivity contribution in [2.45, 2.75) is 26.2 Å². The summed E-state index contributed by atoms with van der Waals surface area (Å²) in [7, 11) is -3.39. The number of nitrogens with one attached hydrogen (secondary N) is 2. The Labute approximate surface area is 207 Å². The Kier molecular flexibility index (Phi) is 8.64. The molecule has 0 radical (unpaired) electrons. The lowest BCUT2D eigenvalue weighted by Gasteiger charge is -2.19. The van der Waals surface area contributed by atoms with Crippen LogP contribution in [0, 0.1) is 0 Å². The molecule has 4 rings (SSSR count). The largest absolute Gasteiger partial charge is 0.493 e. The van der Waals surface area contributed by atoms with E-state index in [4.69, 9.17) is 4.74 Å². The first-order chi connectivity index (χ1) is 15.1. The van der Waals surface area contributed by atoms with Crippen LogP contribution in [0.25, 0.3) is 0 Å². The molecule has 32 heavy (non-hydrogen) atoms. The third kappa shape index (κ3) is 5.86. The predicted octanol–water partition coefficient (Wildman–Crippen LogP) is 2.73. The van der Waals surface area contributed by atoms with Gasteiger partial charge in [-0.2, -0.15) is 0 Å². The highest BCUT2D eigenvalue weighted by molar-refractivity contribution is 14.0. The van der Waals surface area contributed by atoms with E-state index in [1.54, 1.807) is 0 Å². The van der Waals surface area contributed by atoms with Crippen LogP contribution in [0.15, 0.2) is 47.5 Å². The minimum atomic E-state index is -3.39. The van der Waals surface area contributed by atoms with Gasteiger partial charge in [0.2, 0.25) is 10.0 Å². The molecule has 0 atom stereocenters. The van der Waals surface area contributed by atoms with Gasteiger partial charge in [-0.15, -0.1) is 24.0 Å². The quantitative estimate of drug-likeness (QED) is 0.290. The highest BCUT2D eigenvalue weighted by Gasteiger charge is 2.28. The summed E-state index contributed by atoms with van der Waals surface area (Å²) in [6.45, 7) is 4.92. The number of anilines is 1. The van der Waals surface area contributed by atoms with Crippen molar-refractivity contribution < 1.29 is 13.2 Å². The number of halogens is 1. The fourth-order valence-corrected chi connectivity index (χ4v) is 5.43. The van der Waals surface area contributed by atoms with Crippen molar-refractivity contribution >= 4 is 45.6 Å². The monoisotopic (exact) mass is 570 g/mol. The number of ether oxygens (including phenoxy) is 1. The van der Waals surface area contributed by atoms with Gasteiger partial charge in [-0.25, -0.2) is 8.42 Å². The van der Waals surface area contributed by atoms with Crippen molar-refractivity contribution in [3.63, 3.8) is 0 Å². The zero-order valence-corrected chi connectivity index (χ0v) is 21.5. The molecule has 0 saturated heterocycles. The fourth-order valence-electron chi connectivity index (χ4n) is 4.04. The molecule has 174 valence electrons. The summed E-state index contributed by atoms with van der Waals surface area (Å²) in [5.74, 6) is 1.63. The Hall–Kier alpha value is -2.01. The molecular formula is C23H31IN4O3S. The van der Waals surface area contributed by atoms with Crippen LogP contribution in [0.4, 0.5) is 5.69 Å². The summed E-state index contributed by atoms with van der Waals surface area (Å²) in [5, 5.41) is 6.50. The standard InChI is InChI=1S/C23H30N4O3S.HI/c1-2-24-23(25-12-9-18-7-8-22-20(17-18)11-15-30-22)26-13-16-31(28,29)27-14-10-19-5-3-4-6-21(19)27;/h3-8,17H,2,9-16H2,1H3,(H2,24,25,26);1H. The van der Waals surface area contributed by atoms with E-state index >= 15 is 0 Å². The summed E-state index contributed by atoms with van der Waals surface area (Å²) in [6.07, 6.45) is 2.59. The molecule has 0 unspecified atom stereocenters. The molecule has 2 aliphatic rings. The van der Waals surface area contributed by atoms with Crippen LogP contribution in [0.3, 0.4) is 0 Å². The second-order valence-corrected chi connectivity index (χ2v) is 9.76. The van der Waals surface area contributed by atoms with E-state index < -0.39 is 10.0 Å². The predicted molar refractivity (Wildman–Crippen MR) is 140 cm³/mol. The highest BCUT2D eigenvalue weighted by Crippen LogP contribution is 2.30. The molecule has 0 amide bonds. The molecule has 0 aliphatic carbocycles. The molecule has 0 saturated carbocycles. The van der Waals surface area contributed by atoms with E-state index in [1.807, 2.05) is 37.3 Å². The van der Waals surface area contributed by atoms with Crippen molar-refractivity contribution in [1.82, 2.24) is 10.6 Å². The van der Waals surface area contributed by atoms with Crippen molar-refractivity contribution in [2.75, 3.05) is 42.8 Å². The average molecular weight is 570 g/mol. The number of guanidine groups is 1. The number of rotatable bonds is 8. The van der Waals surface area contributed by atoms with Crippen LogP contribution in [0.2, 0.25) is 0 Å². The van der Waals surface area contributed by atoms with Gasteiger partial charge < -0.3 is 15.4 Å². The van der Waals surface area contributed by atoms with E-state index in [0.717, 1.165) is 49.4 Å². The van der Waals surface area contributed by atoms with Crippen molar-refractivity contribution in [1.29, 1.82) is 0 Å². The van der Waals surface area contributed by atoms with Gasteiger partial charge in [-0.1, -0.05) is 30.3 Å². The average Bonchev–Trinajstić information content (AvgIpc) is 3.40. The third-order valence-electron chi connectivity index (χ3n) is 5.60. The lowest BCUT2D eigenvalue weighted by atomic mass is 10.1. The molecular weight excluding hydrogens is 539 g/mol. The normalized spacial score (nSPS) is 14.9. The third-order valence-corrected chi connectivity index (χ3v) is 7.35. The second kappa shape index (κ2) is 11.2. The zero-order valence-electron chi connectivity index (χ0n) is 18.3. The Morgan fingerprint density at radius 3 is 2.81 bits per heavy atom. The molecule has 2 aromatic rings. The van der Waals surface area contributed by atoms with Crippen LogP contribution < -0.4 is 19.7 Å². The summed E-state index contributed by atoms with van der Waals surface area (Å²) in [5.41, 5.74) is 4.41. The summed E-state index contributed by atoms with van der Waals surface area (Å²) >= 11 is 0. The van der Waals surface area contributed by atoms with Crippen molar-refractivity contribution in [3.8, 4) is 5.75 Å². The molecule has 0 aromatic heterocycles. The number of hydrogen-bond donors (Lipinski definition) is 2. The molecule has 9 heteroatoms. The van der Waals surface area contributed by atoms with Gasteiger partial charge in [0.05, 0.1) is 24.6 Å². The maximum absolute atomic E-state index is 12.8. The molecule has 0 bridgehead atoms. The van der Waals surface area contributed by atoms with Gasteiger partial charge in [0, 0.05) is 26.1 Å². The Balaban J connectivity index is 0.00000289. The Morgan fingerprint density at radius 2 is 1.97 bits per heavy atom. The van der Waals surface area contributed by atoms with Gasteiger partial charge in [0.25, 0.3) is 0 Å².